The van der Waals surface area contributed by atoms with Crippen molar-refractivity contribution in [2.45, 2.75) is 6.42 Å². The molecule has 1 saturated heterocycles. The molecule has 0 radical (unpaired) electrons. The molecule has 3 aromatic rings. The third kappa shape index (κ3) is 3.46. The number of benzene rings is 1. The molecule has 2 aromatic heterocycles. The van der Waals surface area contributed by atoms with Crippen molar-refractivity contribution < 1.29 is 4.79 Å². The summed E-state index contributed by atoms with van der Waals surface area (Å²) in [5.41, 5.74) is 3.40. The van der Waals surface area contributed by atoms with Crippen molar-refractivity contribution in [1.82, 2.24) is 25.2 Å². The molecule has 0 unspecified atom stereocenters. The highest BCUT2D eigenvalue weighted by molar-refractivity contribution is 5.92. The van der Waals surface area contributed by atoms with Gasteiger partial charge in [-0.1, -0.05) is 6.07 Å². The lowest BCUT2D eigenvalue weighted by molar-refractivity contribution is 0.194. The van der Waals surface area contributed by atoms with Gasteiger partial charge < -0.3 is 20.1 Å². The van der Waals surface area contributed by atoms with E-state index in [-0.39, 0.29) is 6.03 Å². The Balaban J connectivity index is 1.29. The van der Waals surface area contributed by atoms with E-state index in [9.17, 15) is 4.79 Å². The lowest BCUT2D eigenvalue weighted by Crippen LogP contribution is -2.52. The van der Waals surface area contributed by atoms with Gasteiger partial charge in [0.25, 0.3) is 0 Å². The van der Waals surface area contributed by atoms with Gasteiger partial charge in [0.15, 0.2) is 0 Å². The van der Waals surface area contributed by atoms with E-state index >= 15 is 0 Å². The summed E-state index contributed by atoms with van der Waals surface area (Å²) < 4.78 is 0. The van der Waals surface area contributed by atoms with Crippen molar-refractivity contribution in [2.75, 3.05) is 37.6 Å². The third-order valence-electron chi connectivity index (χ3n) is 4.78. The van der Waals surface area contributed by atoms with Crippen LogP contribution < -0.4 is 10.2 Å². The summed E-state index contributed by atoms with van der Waals surface area (Å²) in [6, 6.07) is 8.41. The van der Waals surface area contributed by atoms with Crippen LogP contribution in [0.4, 0.5) is 10.5 Å². The molecular formula is C19H22N6O. The number of hydrogen-bond donors (Lipinski definition) is 2. The number of aromatic nitrogens is 3. The maximum Gasteiger partial charge on any atom is 0.317 e. The van der Waals surface area contributed by atoms with Crippen LogP contribution in [0, 0.1) is 0 Å². The molecule has 4 rings (SSSR count). The smallest absolute Gasteiger partial charge is 0.317 e. The number of fused-ring (bicyclic) bond motifs is 1. The molecule has 1 aromatic carbocycles. The monoisotopic (exact) mass is 350 g/mol. The van der Waals surface area contributed by atoms with Gasteiger partial charge in [-0.2, -0.15) is 0 Å². The minimum atomic E-state index is 0.00125. The molecule has 0 aliphatic carbocycles. The van der Waals surface area contributed by atoms with Crippen LogP contribution in [0.25, 0.3) is 10.9 Å². The van der Waals surface area contributed by atoms with E-state index in [1.165, 1.54) is 17.4 Å². The number of H-pyrrole nitrogens is 1. The Bertz CT molecular complexity index is 870. The van der Waals surface area contributed by atoms with E-state index in [1.807, 2.05) is 11.1 Å². The van der Waals surface area contributed by atoms with E-state index in [0.717, 1.165) is 43.7 Å². The topological polar surface area (TPSA) is 77.2 Å². The molecule has 0 saturated carbocycles. The Morgan fingerprint density at radius 3 is 2.73 bits per heavy atom. The summed E-state index contributed by atoms with van der Waals surface area (Å²) in [7, 11) is 0. The normalized spacial score (nSPS) is 14.6. The average molecular weight is 350 g/mol. The average Bonchev–Trinajstić information content (AvgIpc) is 3.18. The first-order valence-corrected chi connectivity index (χ1v) is 8.89. The van der Waals surface area contributed by atoms with Crippen molar-refractivity contribution in [2.24, 2.45) is 0 Å². The van der Waals surface area contributed by atoms with E-state index in [1.54, 1.807) is 12.4 Å². The Morgan fingerprint density at radius 2 is 1.92 bits per heavy atom. The molecule has 0 atom stereocenters. The van der Waals surface area contributed by atoms with E-state index in [2.05, 4.69) is 49.4 Å². The fraction of sp³-hybridized carbons (Fsp3) is 0.316. The van der Waals surface area contributed by atoms with Crippen molar-refractivity contribution in [1.29, 1.82) is 0 Å². The second kappa shape index (κ2) is 7.43. The number of carbonyl (C=O) groups excluding carboxylic acids is 1. The molecule has 1 aliphatic heterocycles. The Labute approximate surface area is 152 Å². The molecule has 0 spiro atoms. The number of anilines is 1. The van der Waals surface area contributed by atoms with Gasteiger partial charge in [-0.25, -0.2) is 14.8 Å². The molecule has 1 aliphatic rings. The van der Waals surface area contributed by atoms with Crippen molar-refractivity contribution >= 4 is 22.6 Å². The second-order valence-electron chi connectivity index (χ2n) is 6.42. The van der Waals surface area contributed by atoms with Crippen LogP contribution in [-0.4, -0.2) is 58.6 Å². The van der Waals surface area contributed by atoms with Gasteiger partial charge in [0.05, 0.1) is 0 Å². The lowest BCUT2D eigenvalue weighted by Gasteiger charge is -2.36. The van der Waals surface area contributed by atoms with Crippen molar-refractivity contribution in [3.8, 4) is 0 Å². The van der Waals surface area contributed by atoms with E-state index < -0.39 is 0 Å². The number of nitrogens with zero attached hydrogens (tertiary/aromatic N) is 4. The third-order valence-corrected chi connectivity index (χ3v) is 4.78. The predicted molar refractivity (Wildman–Crippen MR) is 101 cm³/mol. The second-order valence-corrected chi connectivity index (χ2v) is 6.42. The quantitative estimate of drug-likeness (QED) is 0.755. The first-order valence-electron chi connectivity index (χ1n) is 8.89. The molecule has 1 fully saturated rings. The largest absolute Gasteiger partial charge is 0.367 e. The number of carbonyl (C=O) groups is 1. The van der Waals surface area contributed by atoms with Gasteiger partial charge in [0.2, 0.25) is 0 Å². The highest BCUT2D eigenvalue weighted by Gasteiger charge is 2.22. The van der Waals surface area contributed by atoms with Crippen LogP contribution in [0.5, 0.6) is 0 Å². The fourth-order valence-electron chi connectivity index (χ4n) is 3.38. The number of rotatable bonds is 4. The lowest BCUT2D eigenvalue weighted by atomic mass is 10.2. The highest BCUT2D eigenvalue weighted by Crippen LogP contribution is 2.26. The first-order chi connectivity index (χ1) is 12.8. The van der Waals surface area contributed by atoms with Gasteiger partial charge in [0.1, 0.15) is 6.33 Å². The van der Waals surface area contributed by atoms with Gasteiger partial charge in [-0.15, -0.1) is 0 Å². The Kier molecular flexibility index (Phi) is 4.68. The van der Waals surface area contributed by atoms with Crippen LogP contribution in [0.2, 0.25) is 0 Å². The summed E-state index contributed by atoms with van der Waals surface area (Å²) in [6.07, 6.45) is 7.77. The summed E-state index contributed by atoms with van der Waals surface area (Å²) >= 11 is 0. The van der Waals surface area contributed by atoms with Crippen LogP contribution in [-0.2, 0) is 6.42 Å². The first kappa shape index (κ1) is 16.4. The molecule has 0 bridgehead atoms. The van der Waals surface area contributed by atoms with Crippen LogP contribution in [0.1, 0.15) is 5.56 Å². The highest BCUT2D eigenvalue weighted by atomic mass is 16.2. The molecule has 134 valence electrons. The van der Waals surface area contributed by atoms with Crippen molar-refractivity contribution in [3.63, 3.8) is 0 Å². The summed E-state index contributed by atoms with van der Waals surface area (Å²) in [5.74, 6) is 0. The minimum absolute atomic E-state index is 0.00125. The number of hydrogen-bond acceptors (Lipinski definition) is 4. The Morgan fingerprint density at radius 1 is 1.12 bits per heavy atom. The maximum atomic E-state index is 12.4. The molecule has 2 amide bonds. The Hall–Kier alpha value is -3.09. The van der Waals surface area contributed by atoms with Gasteiger partial charge in [-0.3, -0.25) is 0 Å². The van der Waals surface area contributed by atoms with Gasteiger partial charge in [0, 0.05) is 67.9 Å². The number of nitrogens with one attached hydrogen (secondary N) is 2. The number of amides is 2. The summed E-state index contributed by atoms with van der Waals surface area (Å²) in [5, 5.41) is 4.22. The van der Waals surface area contributed by atoms with Crippen LogP contribution in [0.15, 0.2) is 49.2 Å². The van der Waals surface area contributed by atoms with E-state index in [0.29, 0.717) is 6.54 Å². The van der Waals surface area contributed by atoms with Gasteiger partial charge >= 0.3 is 6.03 Å². The van der Waals surface area contributed by atoms with Crippen LogP contribution >= 0.6 is 0 Å². The predicted octanol–water partition coefficient (Wildman–Crippen LogP) is 2.03. The summed E-state index contributed by atoms with van der Waals surface area (Å²) in [6.45, 7) is 3.71. The molecule has 2 N–H and O–H groups in total. The zero-order valence-electron chi connectivity index (χ0n) is 14.6. The zero-order valence-corrected chi connectivity index (χ0v) is 14.6. The molecule has 26 heavy (non-hydrogen) atoms. The number of urea groups is 1. The van der Waals surface area contributed by atoms with Gasteiger partial charge in [-0.05, 0) is 30.2 Å². The molecular weight excluding hydrogens is 328 g/mol. The van der Waals surface area contributed by atoms with Crippen molar-refractivity contribution in [3.05, 3.63) is 54.7 Å². The molecule has 7 heteroatoms. The molecule has 3 heterocycles. The summed E-state index contributed by atoms with van der Waals surface area (Å²) in [4.78, 5) is 27.8. The SMILES string of the molecule is O=C(NCCc1cncnc1)N1CCN(c2cccc3[nH]ccc23)CC1. The standard InChI is InChI=1S/C19H22N6O/c26-19(23-6-4-15-12-20-14-21-13-15)25-10-8-24(9-11-25)18-3-1-2-17-16(18)5-7-22-17/h1-3,5,7,12-14,22H,4,6,8-11H2,(H,23,26). The maximum absolute atomic E-state index is 12.4. The fourth-order valence-corrected chi connectivity index (χ4v) is 3.38. The molecule has 7 nitrogen and oxygen atoms in total. The van der Waals surface area contributed by atoms with E-state index in [4.69, 9.17) is 0 Å². The van der Waals surface area contributed by atoms with Crippen LogP contribution in [0.3, 0.4) is 0 Å². The number of aromatic amines is 1. The number of piperazine rings is 1. The zero-order chi connectivity index (χ0) is 17.8. The minimum Gasteiger partial charge on any atom is -0.367 e.